The number of amides is 2. The molecule has 0 aliphatic carbocycles. The third-order valence-corrected chi connectivity index (χ3v) is 5.62. The van der Waals surface area contributed by atoms with Crippen LogP contribution >= 0.6 is 11.3 Å². The van der Waals surface area contributed by atoms with Crippen LogP contribution in [0.5, 0.6) is 11.5 Å². The van der Waals surface area contributed by atoms with Gasteiger partial charge in [-0.3, -0.25) is 9.59 Å². The van der Waals surface area contributed by atoms with E-state index in [2.05, 4.69) is 10.3 Å². The molecule has 2 amide bonds. The van der Waals surface area contributed by atoms with Crippen LogP contribution in [0.2, 0.25) is 0 Å². The first kappa shape index (κ1) is 21.5. The molecule has 2 aromatic carbocycles. The number of halogens is 1. The van der Waals surface area contributed by atoms with Crippen molar-refractivity contribution in [2.45, 2.75) is 6.92 Å². The molecule has 8 heteroatoms. The van der Waals surface area contributed by atoms with E-state index in [1.54, 1.807) is 38.5 Å². The van der Waals surface area contributed by atoms with Gasteiger partial charge in [0.05, 0.1) is 5.56 Å². The minimum absolute atomic E-state index is 0.0400. The highest BCUT2D eigenvalue weighted by Gasteiger charge is 2.17. The average Bonchev–Trinajstić information content (AvgIpc) is 3.24. The van der Waals surface area contributed by atoms with Crippen molar-refractivity contribution in [1.29, 1.82) is 0 Å². The topological polar surface area (TPSA) is 71.5 Å². The Bertz CT molecular complexity index is 1320. The van der Waals surface area contributed by atoms with Crippen LogP contribution in [0.1, 0.15) is 26.3 Å². The van der Waals surface area contributed by atoms with Gasteiger partial charge in [0.2, 0.25) is 0 Å². The van der Waals surface area contributed by atoms with E-state index in [4.69, 9.17) is 4.74 Å². The molecule has 0 spiro atoms. The maximum absolute atomic E-state index is 14.5. The molecule has 6 nitrogen and oxygen atoms in total. The Kier molecular flexibility index (Phi) is 5.87. The lowest BCUT2D eigenvalue weighted by atomic mass is 10.1. The molecule has 0 aliphatic heterocycles. The number of benzene rings is 2. The van der Waals surface area contributed by atoms with Crippen LogP contribution in [0.25, 0.3) is 10.1 Å². The number of nitrogens with zero attached hydrogens (tertiary/aromatic N) is 2. The number of aromatic nitrogens is 1. The number of ether oxygens (including phenoxy) is 1. The molecule has 0 atom stereocenters. The monoisotopic (exact) mass is 449 g/mol. The zero-order valence-electron chi connectivity index (χ0n) is 17.7. The number of anilines is 1. The van der Waals surface area contributed by atoms with Gasteiger partial charge in [0.15, 0.2) is 0 Å². The van der Waals surface area contributed by atoms with E-state index in [9.17, 15) is 14.0 Å². The number of fused-ring (bicyclic) bond motifs is 1. The largest absolute Gasteiger partial charge is 0.457 e. The molecule has 0 saturated carbocycles. The lowest BCUT2D eigenvalue weighted by Crippen LogP contribution is -2.22. The molecule has 0 unspecified atom stereocenters. The fourth-order valence-corrected chi connectivity index (χ4v) is 3.93. The predicted octanol–water partition coefficient (Wildman–Crippen LogP) is 5.49. The van der Waals surface area contributed by atoms with Crippen LogP contribution in [0.3, 0.4) is 0 Å². The van der Waals surface area contributed by atoms with E-state index in [1.807, 2.05) is 24.4 Å². The Morgan fingerprint density at radius 3 is 2.59 bits per heavy atom. The maximum Gasteiger partial charge on any atom is 0.257 e. The summed E-state index contributed by atoms with van der Waals surface area (Å²) in [6, 6.07) is 12.9. The van der Waals surface area contributed by atoms with Gasteiger partial charge in [-0.25, -0.2) is 9.37 Å². The van der Waals surface area contributed by atoms with Crippen molar-refractivity contribution in [2.24, 2.45) is 0 Å². The van der Waals surface area contributed by atoms with E-state index in [1.165, 1.54) is 28.4 Å². The fourth-order valence-electron chi connectivity index (χ4n) is 3.08. The van der Waals surface area contributed by atoms with E-state index in [0.29, 0.717) is 17.1 Å². The lowest BCUT2D eigenvalue weighted by molar-refractivity contribution is 0.0822. The Labute approximate surface area is 188 Å². The average molecular weight is 450 g/mol. The van der Waals surface area contributed by atoms with Crippen LogP contribution in [-0.4, -0.2) is 35.8 Å². The molecule has 2 aromatic heterocycles. The number of nitrogens with one attached hydrogen (secondary N) is 1. The molecule has 162 valence electrons. The Hall–Kier alpha value is -3.78. The van der Waals surface area contributed by atoms with Crippen molar-refractivity contribution >= 4 is 39.1 Å². The van der Waals surface area contributed by atoms with Gasteiger partial charge < -0.3 is 15.0 Å². The first-order valence-electron chi connectivity index (χ1n) is 9.76. The van der Waals surface area contributed by atoms with Crippen LogP contribution in [0, 0.1) is 12.7 Å². The Morgan fingerprint density at radius 2 is 1.91 bits per heavy atom. The summed E-state index contributed by atoms with van der Waals surface area (Å²) in [6.45, 7) is 1.92. The standard InChI is InChI=1S/C24H20FN3O3S/c1-14-4-7-22(26-13-14)27-23(29)15-10-20(18-8-9-32-21(18)11-15)31-16-5-6-17(19(25)12-16)24(30)28(2)3/h4-13H,1-3H3,(H,26,27,29). The summed E-state index contributed by atoms with van der Waals surface area (Å²) in [6.07, 6.45) is 1.67. The van der Waals surface area contributed by atoms with Crippen LogP contribution in [0.4, 0.5) is 10.2 Å². The lowest BCUT2D eigenvalue weighted by Gasteiger charge is -2.13. The molecule has 0 aliphatic rings. The quantitative estimate of drug-likeness (QED) is 0.437. The zero-order chi connectivity index (χ0) is 22.8. The molecule has 32 heavy (non-hydrogen) atoms. The molecule has 2 heterocycles. The van der Waals surface area contributed by atoms with Crippen molar-refractivity contribution in [2.75, 3.05) is 19.4 Å². The van der Waals surface area contributed by atoms with E-state index >= 15 is 0 Å². The van der Waals surface area contributed by atoms with Gasteiger partial charge in [0.25, 0.3) is 11.8 Å². The van der Waals surface area contributed by atoms with E-state index < -0.39 is 11.7 Å². The normalized spacial score (nSPS) is 10.8. The number of rotatable bonds is 5. The van der Waals surface area contributed by atoms with E-state index in [-0.39, 0.29) is 17.2 Å². The number of carbonyl (C=O) groups is 2. The number of thiophene rings is 1. The van der Waals surface area contributed by atoms with Crippen molar-refractivity contribution in [3.05, 3.63) is 82.6 Å². The minimum Gasteiger partial charge on any atom is -0.457 e. The first-order chi connectivity index (χ1) is 15.3. The van der Waals surface area contributed by atoms with Gasteiger partial charge >= 0.3 is 0 Å². The molecule has 0 bridgehead atoms. The van der Waals surface area contributed by atoms with Gasteiger partial charge in [-0.1, -0.05) is 6.07 Å². The van der Waals surface area contributed by atoms with Gasteiger partial charge in [-0.2, -0.15) is 0 Å². The van der Waals surface area contributed by atoms with E-state index in [0.717, 1.165) is 21.7 Å². The summed E-state index contributed by atoms with van der Waals surface area (Å²) in [7, 11) is 3.12. The summed E-state index contributed by atoms with van der Waals surface area (Å²) in [5.41, 5.74) is 1.34. The molecule has 0 radical (unpaired) electrons. The SMILES string of the molecule is Cc1ccc(NC(=O)c2cc(Oc3ccc(C(=O)N(C)C)c(F)c3)c3ccsc3c2)nc1. The Balaban J connectivity index is 1.63. The molecule has 4 aromatic rings. The highest BCUT2D eigenvalue weighted by atomic mass is 32.1. The summed E-state index contributed by atoms with van der Waals surface area (Å²) >= 11 is 1.46. The molecular formula is C24H20FN3O3S. The van der Waals surface area contributed by atoms with Crippen molar-refractivity contribution < 1.29 is 18.7 Å². The third kappa shape index (κ3) is 4.45. The summed E-state index contributed by atoms with van der Waals surface area (Å²) in [5.74, 6) is -0.364. The number of carbonyl (C=O) groups excluding carboxylic acids is 2. The highest BCUT2D eigenvalue weighted by Crippen LogP contribution is 2.35. The second kappa shape index (κ2) is 8.76. The van der Waals surface area contributed by atoms with Gasteiger partial charge in [-0.15, -0.1) is 11.3 Å². The van der Waals surface area contributed by atoms with Crippen LogP contribution in [-0.2, 0) is 0 Å². The first-order valence-corrected chi connectivity index (χ1v) is 10.6. The Morgan fingerprint density at radius 1 is 1.09 bits per heavy atom. The molecule has 1 N–H and O–H groups in total. The van der Waals surface area contributed by atoms with Crippen LogP contribution < -0.4 is 10.1 Å². The third-order valence-electron chi connectivity index (χ3n) is 4.75. The maximum atomic E-state index is 14.5. The van der Waals surface area contributed by atoms with Gasteiger partial charge in [-0.05, 0) is 54.3 Å². The predicted molar refractivity (Wildman–Crippen MR) is 123 cm³/mol. The number of pyridine rings is 1. The number of hydrogen-bond donors (Lipinski definition) is 1. The molecular weight excluding hydrogens is 429 g/mol. The zero-order valence-corrected chi connectivity index (χ0v) is 18.5. The molecule has 0 saturated heterocycles. The smallest absolute Gasteiger partial charge is 0.257 e. The number of hydrogen-bond acceptors (Lipinski definition) is 5. The summed E-state index contributed by atoms with van der Waals surface area (Å²) in [4.78, 5) is 30.4. The summed E-state index contributed by atoms with van der Waals surface area (Å²) < 4.78 is 21.3. The number of aryl methyl sites for hydroxylation is 1. The molecule has 4 rings (SSSR count). The van der Waals surface area contributed by atoms with Crippen molar-refractivity contribution in [3.8, 4) is 11.5 Å². The van der Waals surface area contributed by atoms with Crippen molar-refractivity contribution in [1.82, 2.24) is 9.88 Å². The highest BCUT2D eigenvalue weighted by molar-refractivity contribution is 7.17. The van der Waals surface area contributed by atoms with Gasteiger partial charge in [0.1, 0.15) is 23.1 Å². The van der Waals surface area contributed by atoms with Crippen molar-refractivity contribution in [3.63, 3.8) is 0 Å². The summed E-state index contributed by atoms with van der Waals surface area (Å²) in [5, 5.41) is 5.46. The second-order valence-electron chi connectivity index (χ2n) is 7.43. The fraction of sp³-hybridized carbons (Fsp3) is 0.125. The second-order valence-corrected chi connectivity index (χ2v) is 8.37. The van der Waals surface area contributed by atoms with Gasteiger partial charge in [0, 0.05) is 42.0 Å². The minimum atomic E-state index is -0.679. The van der Waals surface area contributed by atoms with Crippen LogP contribution in [0.15, 0.2) is 60.1 Å². The molecule has 0 fully saturated rings.